The lowest BCUT2D eigenvalue weighted by atomic mass is 9.96. The second-order valence-corrected chi connectivity index (χ2v) is 6.96. The van der Waals surface area contributed by atoms with Gasteiger partial charge in [0.2, 0.25) is 0 Å². The number of aryl methyl sites for hydroxylation is 1. The predicted octanol–water partition coefficient (Wildman–Crippen LogP) is 1.55. The van der Waals surface area contributed by atoms with E-state index in [1.54, 1.807) is 0 Å². The molecule has 3 heterocycles. The van der Waals surface area contributed by atoms with Crippen LogP contribution in [0.3, 0.4) is 0 Å². The summed E-state index contributed by atoms with van der Waals surface area (Å²) in [6.07, 6.45) is 5.19. The van der Waals surface area contributed by atoms with Crippen molar-refractivity contribution in [1.29, 1.82) is 0 Å². The van der Waals surface area contributed by atoms with Gasteiger partial charge >= 0.3 is 14.1 Å². The molecule has 2 aromatic rings. The van der Waals surface area contributed by atoms with Gasteiger partial charge < -0.3 is 14.5 Å². The van der Waals surface area contributed by atoms with E-state index in [9.17, 15) is 9.59 Å². The summed E-state index contributed by atoms with van der Waals surface area (Å²) < 4.78 is 6.15. The van der Waals surface area contributed by atoms with Crippen LogP contribution in [-0.2, 0) is 4.65 Å². The van der Waals surface area contributed by atoms with Crippen molar-refractivity contribution in [3.8, 4) is 0 Å². The van der Waals surface area contributed by atoms with Crippen LogP contribution in [0.4, 0.5) is 4.79 Å². The molecule has 1 N–H and O–H groups in total. The number of nitrogens with zero attached hydrogens (tertiary/aromatic N) is 4. The van der Waals surface area contributed by atoms with Crippen LogP contribution >= 0.6 is 0 Å². The van der Waals surface area contributed by atoms with Crippen LogP contribution in [0.25, 0.3) is 11.0 Å². The molecule has 0 atom stereocenters. The number of amides is 1. The summed E-state index contributed by atoms with van der Waals surface area (Å²) in [5, 5.41) is 5.17. The highest BCUT2D eigenvalue weighted by Gasteiger charge is 2.34. The fraction of sp³-hybridized carbons (Fsp3) is 0.625. The molecule has 2 radical (unpaired) electrons. The lowest BCUT2D eigenvalue weighted by Gasteiger charge is -2.37. The van der Waals surface area contributed by atoms with Crippen molar-refractivity contribution < 1.29 is 9.45 Å². The number of rotatable bonds is 2. The summed E-state index contributed by atoms with van der Waals surface area (Å²) in [5.41, 5.74) is 1.20. The highest BCUT2D eigenvalue weighted by molar-refractivity contribution is 6.05. The Labute approximate surface area is 146 Å². The third-order valence-electron chi connectivity index (χ3n) is 5.30. The van der Waals surface area contributed by atoms with Crippen LogP contribution in [-0.4, -0.2) is 51.9 Å². The zero-order valence-electron chi connectivity index (χ0n) is 14.2. The summed E-state index contributed by atoms with van der Waals surface area (Å²) in [6, 6.07) is 0.303. The molecular weight excluding hydrogens is 321 g/mol. The van der Waals surface area contributed by atoms with E-state index in [1.165, 1.54) is 24.2 Å². The van der Waals surface area contributed by atoms with Gasteiger partial charge in [0.25, 0.3) is 5.56 Å². The Bertz CT molecular complexity index is 865. The minimum absolute atomic E-state index is 0.0220. The van der Waals surface area contributed by atoms with E-state index in [4.69, 9.17) is 13.0 Å². The van der Waals surface area contributed by atoms with Crippen LogP contribution in [0.1, 0.15) is 55.6 Å². The van der Waals surface area contributed by atoms with Crippen molar-refractivity contribution in [3.05, 3.63) is 21.9 Å². The van der Waals surface area contributed by atoms with E-state index in [2.05, 4.69) is 14.7 Å². The molecule has 25 heavy (non-hydrogen) atoms. The minimum atomic E-state index is -0.567. The van der Waals surface area contributed by atoms with Gasteiger partial charge in [0.05, 0.1) is 17.7 Å². The van der Waals surface area contributed by atoms with Crippen molar-refractivity contribution in [1.82, 2.24) is 24.6 Å². The second kappa shape index (κ2) is 6.20. The van der Waals surface area contributed by atoms with E-state index in [1.807, 2.05) is 11.6 Å². The topological polar surface area (TPSA) is 93.1 Å². The van der Waals surface area contributed by atoms with E-state index in [-0.39, 0.29) is 11.5 Å². The molecule has 0 aromatic carbocycles. The van der Waals surface area contributed by atoms with Crippen molar-refractivity contribution in [2.45, 2.75) is 51.0 Å². The molecule has 1 aliphatic heterocycles. The Morgan fingerprint density at radius 1 is 1.28 bits per heavy atom. The normalized spacial score (nSPS) is 19.2. The molecule has 9 heteroatoms. The first-order valence-electron chi connectivity index (χ1n) is 8.73. The number of likely N-dealkylation sites (tertiary alicyclic amines) is 1. The number of aromatic nitrogens is 4. The molecule has 1 saturated carbocycles. The molecular formula is C16H20BN5O3. The molecule has 0 unspecified atom stereocenters. The standard InChI is InChI=1S/C16H20BN5O3/c1-9-12-14(22(20-9)11-5-3-2-4-6-11)18-13(19-15(12)23)10-7-21(8-10)16(24)25-17/h10-11H,2-8H2,1H3,(H,18,19,23). The number of carbonyl (C=O) groups is 1. The number of H-pyrrole nitrogens is 1. The maximum atomic E-state index is 12.6. The summed E-state index contributed by atoms with van der Waals surface area (Å²) in [7, 11) is 4.89. The molecule has 1 aliphatic carbocycles. The first kappa shape index (κ1) is 16.2. The second-order valence-electron chi connectivity index (χ2n) is 6.96. The first-order valence-corrected chi connectivity index (χ1v) is 8.73. The Morgan fingerprint density at radius 2 is 2.00 bits per heavy atom. The van der Waals surface area contributed by atoms with Crippen LogP contribution < -0.4 is 5.56 Å². The van der Waals surface area contributed by atoms with Gasteiger partial charge in [0.1, 0.15) is 11.2 Å². The largest absolute Gasteiger partial charge is 0.528 e. The number of carbonyl (C=O) groups excluding carboxylic acids is 1. The number of nitrogens with one attached hydrogen (secondary N) is 1. The van der Waals surface area contributed by atoms with Gasteiger partial charge in [-0.05, 0) is 19.8 Å². The molecule has 1 amide bonds. The molecule has 1 saturated heterocycles. The maximum absolute atomic E-state index is 12.6. The fourth-order valence-electron chi connectivity index (χ4n) is 3.88. The zero-order valence-corrected chi connectivity index (χ0v) is 14.2. The Balaban J connectivity index is 1.68. The lowest BCUT2D eigenvalue weighted by molar-refractivity contribution is 0.112. The predicted molar refractivity (Wildman–Crippen MR) is 91.6 cm³/mol. The lowest BCUT2D eigenvalue weighted by Crippen LogP contribution is -2.49. The van der Waals surface area contributed by atoms with E-state index >= 15 is 0 Å². The van der Waals surface area contributed by atoms with Gasteiger partial charge in [-0.15, -0.1) is 0 Å². The van der Waals surface area contributed by atoms with Crippen LogP contribution in [0.2, 0.25) is 0 Å². The third-order valence-corrected chi connectivity index (χ3v) is 5.30. The quantitative estimate of drug-likeness (QED) is 0.837. The van der Waals surface area contributed by atoms with Crippen LogP contribution in [0.15, 0.2) is 4.79 Å². The highest BCUT2D eigenvalue weighted by atomic mass is 16.5. The zero-order chi connectivity index (χ0) is 17.6. The Morgan fingerprint density at radius 3 is 2.68 bits per heavy atom. The number of hydrogen-bond acceptors (Lipinski definition) is 5. The van der Waals surface area contributed by atoms with Gasteiger partial charge in [-0.1, -0.05) is 19.3 Å². The average Bonchev–Trinajstić information content (AvgIpc) is 2.91. The van der Waals surface area contributed by atoms with Crippen molar-refractivity contribution in [2.24, 2.45) is 0 Å². The smallest absolute Gasteiger partial charge is 0.391 e. The van der Waals surface area contributed by atoms with Crippen LogP contribution in [0.5, 0.6) is 0 Å². The average molecular weight is 341 g/mol. The van der Waals surface area contributed by atoms with Gasteiger partial charge in [-0.25, -0.2) is 14.5 Å². The summed E-state index contributed by atoms with van der Waals surface area (Å²) >= 11 is 0. The number of hydrogen-bond donors (Lipinski definition) is 1. The molecule has 0 spiro atoms. The molecule has 2 aliphatic rings. The van der Waals surface area contributed by atoms with Crippen molar-refractivity contribution in [3.63, 3.8) is 0 Å². The van der Waals surface area contributed by atoms with Gasteiger partial charge in [0.15, 0.2) is 5.65 Å². The Kier molecular flexibility index (Phi) is 4.01. The maximum Gasteiger partial charge on any atom is 0.391 e. The molecule has 130 valence electrons. The number of fused-ring (bicyclic) bond motifs is 1. The van der Waals surface area contributed by atoms with E-state index in [0.29, 0.717) is 41.7 Å². The highest BCUT2D eigenvalue weighted by Crippen LogP contribution is 2.31. The van der Waals surface area contributed by atoms with Gasteiger partial charge in [-0.3, -0.25) is 4.79 Å². The molecule has 0 bridgehead atoms. The SMILES string of the molecule is [B]OC(=O)N1CC(c2nc3c(c(C)nn3C3CCCCC3)c(=O)[nH]2)C1. The van der Waals surface area contributed by atoms with Crippen molar-refractivity contribution >= 4 is 25.2 Å². The molecule has 8 nitrogen and oxygen atoms in total. The van der Waals surface area contributed by atoms with Crippen LogP contribution in [0, 0.1) is 6.92 Å². The third kappa shape index (κ3) is 2.71. The molecule has 2 fully saturated rings. The first-order chi connectivity index (χ1) is 12.1. The molecule has 4 rings (SSSR count). The van der Waals surface area contributed by atoms with E-state index < -0.39 is 6.09 Å². The Hall–Kier alpha value is -2.32. The fourth-order valence-corrected chi connectivity index (χ4v) is 3.88. The van der Waals surface area contributed by atoms with Gasteiger partial charge in [0, 0.05) is 13.1 Å². The summed E-state index contributed by atoms with van der Waals surface area (Å²) in [6.45, 7) is 2.71. The van der Waals surface area contributed by atoms with Crippen molar-refractivity contribution in [2.75, 3.05) is 13.1 Å². The van der Waals surface area contributed by atoms with E-state index in [0.717, 1.165) is 12.8 Å². The van der Waals surface area contributed by atoms with Gasteiger partial charge in [-0.2, -0.15) is 5.10 Å². The summed E-state index contributed by atoms with van der Waals surface area (Å²) in [5.74, 6) is 0.571. The number of aromatic amines is 1. The summed E-state index contributed by atoms with van der Waals surface area (Å²) in [4.78, 5) is 33.0. The minimum Gasteiger partial charge on any atom is -0.528 e. The molecule has 2 aromatic heterocycles. The monoisotopic (exact) mass is 341 g/mol.